The Bertz CT molecular complexity index is 589. The molecule has 0 aliphatic carbocycles. The normalized spacial score (nSPS) is 10.4. The highest BCUT2D eigenvalue weighted by molar-refractivity contribution is 6.33. The molecule has 2 aromatic rings. The number of rotatable bonds is 5. The monoisotopic (exact) mass is 291 g/mol. The molecule has 4 nitrogen and oxygen atoms in total. The average Bonchev–Trinajstić information content (AvgIpc) is 2.47. The Hall–Kier alpha value is -1.78. The first-order valence-electron chi connectivity index (χ1n) is 6.33. The molecule has 1 aromatic carbocycles. The number of hydrogen-bond donors (Lipinski definition) is 1. The van der Waals surface area contributed by atoms with E-state index in [2.05, 4.69) is 10.3 Å². The smallest absolute Gasteiger partial charge is 0.151 e. The molecule has 0 aliphatic heterocycles. The van der Waals surface area contributed by atoms with Crippen LogP contribution in [0, 0.1) is 0 Å². The minimum atomic E-state index is 0.617. The second kappa shape index (κ2) is 6.59. The molecule has 106 valence electrons. The van der Waals surface area contributed by atoms with Gasteiger partial charge in [-0.3, -0.25) is 0 Å². The van der Waals surface area contributed by atoms with Crippen LogP contribution in [-0.4, -0.2) is 26.2 Å². The van der Waals surface area contributed by atoms with E-state index < -0.39 is 0 Å². The number of nitrogens with one attached hydrogen (secondary N) is 1. The van der Waals surface area contributed by atoms with E-state index in [1.54, 1.807) is 7.11 Å². The molecule has 0 fully saturated rings. The number of benzene rings is 1. The lowest BCUT2D eigenvalue weighted by Crippen LogP contribution is -2.14. The van der Waals surface area contributed by atoms with Crippen molar-refractivity contribution in [2.24, 2.45) is 0 Å². The van der Waals surface area contributed by atoms with Gasteiger partial charge in [0.25, 0.3) is 0 Å². The summed E-state index contributed by atoms with van der Waals surface area (Å²) in [6.45, 7) is 0.741. The summed E-state index contributed by atoms with van der Waals surface area (Å²) in [4.78, 5) is 6.37. The zero-order chi connectivity index (χ0) is 14.5. The summed E-state index contributed by atoms with van der Waals surface area (Å²) in [6.07, 6.45) is 1.82. The summed E-state index contributed by atoms with van der Waals surface area (Å²) < 4.78 is 5.37. The quantitative estimate of drug-likeness (QED) is 0.918. The van der Waals surface area contributed by atoms with Crippen molar-refractivity contribution in [3.63, 3.8) is 0 Å². The molecule has 2 rings (SSSR count). The molecule has 20 heavy (non-hydrogen) atoms. The Labute approximate surface area is 124 Å². The van der Waals surface area contributed by atoms with E-state index in [0.717, 1.165) is 23.5 Å². The summed E-state index contributed by atoms with van der Waals surface area (Å²) in [5.41, 5.74) is 1.97. The summed E-state index contributed by atoms with van der Waals surface area (Å²) in [5, 5.41) is 3.69. The zero-order valence-electron chi connectivity index (χ0n) is 11.9. The van der Waals surface area contributed by atoms with Crippen LogP contribution in [-0.2, 0) is 6.54 Å². The lowest BCUT2D eigenvalue weighted by Gasteiger charge is -2.22. The third-order valence-corrected chi connectivity index (χ3v) is 3.30. The predicted octanol–water partition coefficient (Wildman–Crippen LogP) is 3.23. The van der Waals surface area contributed by atoms with Crippen molar-refractivity contribution in [1.82, 2.24) is 10.3 Å². The van der Waals surface area contributed by atoms with Crippen LogP contribution in [0.4, 0.5) is 11.5 Å². The lowest BCUT2D eigenvalue weighted by atomic mass is 10.2. The summed E-state index contributed by atoms with van der Waals surface area (Å²) in [7, 11) is 5.46. The Morgan fingerprint density at radius 3 is 2.75 bits per heavy atom. The fourth-order valence-corrected chi connectivity index (χ4v) is 2.35. The van der Waals surface area contributed by atoms with E-state index in [1.807, 2.05) is 55.5 Å². The highest BCUT2D eigenvalue weighted by Crippen LogP contribution is 2.34. The zero-order valence-corrected chi connectivity index (χ0v) is 12.6. The number of nitrogens with zero attached hydrogens (tertiary/aromatic N) is 2. The van der Waals surface area contributed by atoms with Crippen LogP contribution in [0.5, 0.6) is 5.75 Å². The van der Waals surface area contributed by atoms with E-state index in [4.69, 9.17) is 16.3 Å². The highest BCUT2D eigenvalue weighted by Gasteiger charge is 2.14. The van der Waals surface area contributed by atoms with Gasteiger partial charge >= 0.3 is 0 Å². The highest BCUT2D eigenvalue weighted by atomic mass is 35.5. The van der Waals surface area contributed by atoms with Crippen LogP contribution >= 0.6 is 11.6 Å². The van der Waals surface area contributed by atoms with E-state index in [1.165, 1.54) is 0 Å². The fourth-order valence-electron chi connectivity index (χ4n) is 2.04. The van der Waals surface area contributed by atoms with Gasteiger partial charge in [-0.05, 0) is 30.8 Å². The Morgan fingerprint density at radius 2 is 2.10 bits per heavy atom. The van der Waals surface area contributed by atoms with Gasteiger partial charge in [-0.25, -0.2) is 4.98 Å². The van der Waals surface area contributed by atoms with E-state index in [0.29, 0.717) is 10.8 Å². The predicted molar refractivity (Wildman–Crippen MR) is 83.1 cm³/mol. The van der Waals surface area contributed by atoms with Crippen molar-refractivity contribution in [3.05, 3.63) is 47.1 Å². The van der Waals surface area contributed by atoms with Gasteiger partial charge in [-0.2, -0.15) is 0 Å². The number of para-hydroxylation sites is 2. The number of anilines is 2. The lowest BCUT2D eigenvalue weighted by molar-refractivity contribution is 0.415. The van der Waals surface area contributed by atoms with Crippen molar-refractivity contribution in [2.75, 3.05) is 26.1 Å². The second-order valence-corrected chi connectivity index (χ2v) is 4.82. The molecule has 0 unspecified atom stereocenters. The molecule has 0 spiro atoms. The van der Waals surface area contributed by atoms with Crippen molar-refractivity contribution in [1.29, 1.82) is 0 Å². The molecule has 0 bridgehead atoms. The second-order valence-electron chi connectivity index (χ2n) is 4.41. The summed E-state index contributed by atoms with van der Waals surface area (Å²) in [6, 6.07) is 9.69. The Balaban J connectivity index is 2.35. The molecule has 0 amide bonds. The van der Waals surface area contributed by atoms with Gasteiger partial charge in [0.05, 0.1) is 17.8 Å². The maximum atomic E-state index is 6.33. The SMILES string of the molecule is CNCc1cnc(N(C)c2ccccc2OC)c(Cl)c1. The molecule has 0 saturated carbocycles. The summed E-state index contributed by atoms with van der Waals surface area (Å²) in [5.74, 6) is 1.49. The number of halogens is 1. The maximum Gasteiger partial charge on any atom is 0.151 e. The maximum absolute atomic E-state index is 6.33. The van der Waals surface area contributed by atoms with Gasteiger partial charge in [-0.15, -0.1) is 0 Å². The van der Waals surface area contributed by atoms with Crippen molar-refractivity contribution in [2.45, 2.75) is 6.54 Å². The topological polar surface area (TPSA) is 37.4 Å². The molecule has 1 N–H and O–H groups in total. The first-order chi connectivity index (χ1) is 9.67. The minimum Gasteiger partial charge on any atom is -0.495 e. The van der Waals surface area contributed by atoms with Gasteiger partial charge in [0.15, 0.2) is 5.82 Å². The average molecular weight is 292 g/mol. The Kier molecular flexibility index (Phi) is 4.82. The molecule has 1 aromatic heterocycles. The van der Waals surface area contributed by atoms with Gasteiger partial charge in [0, 0.05) is 19.8 Å². The molecular formula is C15H18ClN3O. The molecule has 1 heterocycles. The molecule has 5 heteroatoms. The molecule has 0 aliphatic rings. The van der Waals surface area contributed by atoms with Gasteiger partial charge < -0.3 is 15.0 Å². The van der Waals surface area contributed by atoms with Crippen LogP contribution in [0.3, 0.4) is 0 Å². The fraction of sp³-hybridized carbons (Fsp3) is 0.267. The van der Waals surface area contributed by atoms with Crippen LogP contribution in [0.1, 0.15) is 5.56 Å². The number of pyridine rings is 1. The molecular weight excluding hydrogens is 274 g/mol. The standard InChI is InChI=1S/C15H18ClN3O/c1-17-9-11-8-12(16)15(18-10-11)19(2)13-6-4-5-7-14(13)20-3/h4-8,10,17H,9H2,1-3H3. The minimum absolute atomic E-state index is 0.617. The first-order valence-corrected chi connectivity index (χ1v) is 6.71. The number of ether oxygens (including phenoxy) is 1. The van der Waals surface area contributed by atoms with Crippen LogP contribution in [0.2, 0.25) is 5.02 Å². The van der Waals surface area contributed by atoms with E-state index in [-0.39, 0.29) is 0 Å². The number of hydrogen-bond acceptors (Lipinski definition) is 4. The van der Waals surface area contributed by atoms with Gasteiger partial charge in [-0.1, -0.05) is 23.7 Å². The van der Waals surface area contributed by atoms with Crippen molar-refractivity contribution >= 4 is 23.1 Å². The summed E-state index contributed by atoms with van der Waals surface area (Å²) >= 11 is 6.33. The van der Waals surface area contributed by atoms with Crippen LogP contribution in [0.25, 0.3) is 0 Å². The van der Waals surface area contributed by atoms with Crippen LogP contribution < -0.4 is 15.0 Å². The first kappa shape index (κ1) is 14.6. The third-order valence-electron chi connectivity index (χ3n) is 3.02. The molecule has 0 atom stereocenters. The van der Waals surface area contributed by atoms with Crippen LogP contribution in [0.15, 0.2) is 36.5 Å². The van der Waals surface area contributed by atoms with E-state index in [9.17, 15) is 0 Å². The van der Waals surface area contributed by atoms with E-state index >= 15 is 0 Å². The number of aromatic nitrogens is 1. The third kappa shape index (κ3) is 3.03. The molecule has 0 radical (unpaired) electrons. The Morgan fingerprint density at radius 1 is 1.35 bits per heavy atom. The largest absolute Gasteiger partial charge is 0.495 e. The van der Waals surface area contributed by atoms with Crippen molar-refractivity contribution < 1.29 is 4.74 Å². The molecule has 0 saturated heterocycles. The van der Waals surface area contributed by atoms with Crippen molar-refractivity contribution in [3.8, 4) is 5.75 Å². The van der Waals surface area contributed by atoms with Gasteiger partial charge in [0.1, 0.15) is 5.75 Å². The van der Waals surface area contributed by atoms with Gasteiger partial charge in [0.2, 0.25) is 0 Å². The number of methoxy groups -OCH3 is 1.